The number of benzene rings is 1. The Bertz CT molecular complexity index is 511. The lowest BCUT2D eigenvalue weighted by Gasteiger charge is -2.10. The first-order chi connectivity index (χ1) is 7.23. The minimum atomic E-state index is 0.00881. The Labute approximate surface area is 87.7 Å². The summed E-state index contributed by atoms with van der Waals surface area (Å²) in [5, 5.41) is 9.34. The van der Waals surface area contributed by atoms with Crippen LogP contribution in [0.15, 0.2) is 22.6 Å². The van der Waals surface area contributed by atoms with Gasteiger partial charge in [-0.15, -0.1) is 0 Å². The quantitative estimate of drug-likeness (QED) is 0.813. The molecular weight excluding hydrogens is 190 g/mol. The van der Waals surface area contributed by atoms with Gasteiger partial charge in [0, 0.05) is 12.3 Å². The molecule has 0 saturated heterocycles. The van der Waals surface area contributed by atoms with Crippen LogP contribution in [0.2, 0.25) is 0 Å². The third kappa shape index (κ3) is 1.27. The van der Waals surface area contributed by atoms with Crippen LogP contribution in [0, 0.1) is 6.92 Å². The number of aryl methyl sites for hydroxylation is 1. The molecule has 1 fully saturated rings. The average molecular weight is 203 g/mol. The fraction of sp³-hybridized carbons (Fsp3) is 0.417. The molecule has 1 aromatic heterocycles. The molecule has 0 aliphatic heterocycles. The number of rotatable bonds is 2. The van der Waals surface area contributed by atoms with Gasteiger partial charge in [0.15, 0.2) is 11.5 Å². The smallest absolute Gasteiger partial charge is 0.192 e. The Morgan fingerprint density at radius 2 is 2.27 bits per heavy atom. The molecule has 1 N–H and O–H groups in total. The van der Waals surface area contributed by atoms with Crippen molar-refractivity contribution in [3.63, 3.8) is 0 Å². The molecule has 0 spiro atoms. The van der Waals surface area contributed by atoms with Crippen LogP contribution in [0.3, 0.4) is 0 Å². The van der Waals surface area contributed by atoms with Crippen molar-refractivity contribution in [2.45, 2.75) is 25.2 Å². The van der Waals surface area contributed by atoms with Gasteiger partial charge in [0.2, 0.25) is 0 Å². The molecule has 0 amide bonds. The summed E-state index contributed by atoms with van der Waals surface area (Å²) in [4.78, 5) is 4.25. The maximum Gasteiger partial charge on any atom is 0.192 e. The molecule has 3 heteroatoms. The van der Waals surface area contributed by atoms with E-state index in [0.29, 0.717) is 5.89 Å². The molecular formula is C12H13NO2. The Balaban J connectivity index is 2.13. The standard InChI is InChI=1S/C12H13NO2/c1-8-13-10-3-2-9(6-11(10)15-8)12(7-14)4-5-12/h2-3,6,14H,4-5,7H2,1H3. The predicted octanol–water partition coefficient (Wildman–Crippen LogP) is 2.16. The largest absolute Gasteiger partial charge is 0.441 e. The van der Waals surface area contributed by atoms with E-state index in [1.807, 2.05) is 25.1 Å². The van der Waals surface area contributed by atoms with E-state index in [1.165, 1.54) is 5.56 Å². The van der Waals surface area contributed by atoms with Crippen LogP contribution < -0.4 is 0 Å². The molecule has 1 saturated carbocycles. The lowest BCUT2D eigenvalue weighted by atomic mass is 9.97. The van der Waals surface area contributed by atoms with Crippen LogP contribution in [0.5, 0.6) is 0 Å². The van der Waals surface area contributed by atoms with E-state index in [-0.39, 0.29) is 12.0 Å². The second-order valence-electron chi connectivity index (χ2n) is 4.35. The minimum absolute atomic E-state index is 0.00881. The highest BCUT2D eigenvalue weighted by molar-refractivity contribution is 5.74. The topological polar surface area (TPSA) is 46.3 Å². The van der Waals surface area contributed by atoms with Crippen LogP contribution in [-0.4, -0.2) is 16.7 Å². The molecule has 1 aromatic carbocycles. The summed E-state index contributed by atoms with van der Waals surface area (Å²) >= 11 is 0. The van der Waals surface area contributed by atoms with Crippen molar-refractivity contribution in [2.75, 3.05) is 6.61 Å². The first-order valence-corrected chi connectivity index (χ1v) is 5.22. The molecule has 78 valence electrons. The van der Waals surface area contributed by atoms with Crippen molar-refractivity contribution in [3.8, 4) is 0 Å². The molecule has 1 aliphatic carbocycles. The molecule has 0 atom stereocenters. The summed E-state index contributed by atoms with van der Waals surface area (Å²) in [6.07, 6.45) is 2.14. The Kier molecular flexibility index (Phi) is 1.68. The highest BCUT2D eigenvalue weighted by Gasteiger charge is 2.43. The summed E-state index contributed by atoms with van der Waals surface area (Å²) in [5.74, 6) is 0.691. The van der Waals surface area contributed by atoms with Gasteiger partial charge in [-0.05, 0) is 30.5 Å². The van der Waals surface area contributed by atoms with Gasteiger partial charge in [-0.2, -0.15) is 0 Å². The average Bonchev–Trinajstić information content (AvgIpc) is 2.94. The summed E-state index contributed by atoms with van der Waals surface area (Å²) in [6.45, 7) is 2.07. The van der Waals surface area contributed by atoms with Gasteiger partial charge in [-0.3, -0.25) is 0 Å². The van der Waals surface area contributed by atoms with E-state index in [0.717, 1.165) is 23.9 Å². The van der Waals surface area contributed by atoms with E-state index in [9.17, 15) is 5.11 Å². The molecule has 1 heterocycles. The number of fused-ring (bicyclic) bond motifs is 1. The molecule has 0 unspecified atom stereocenters. The monoisotopic (exact) mass is 203 g/mol. The second kappa shape index (κ2) is 2.83. The second-order valence-corrected chi connectivity index (χ2v) is 4.35. The molecule has 3 nitrogen and oxygen atoms in total. The molecule has 15 heavy (non-hydrogen) atoms. The number of aromatic nitrogens is 1. The van der Waals surface area contributed by atoms with Crippen LogP contribution in [-0.2, 0) is 5.41 Å². The van der Waals surface area contributed by atoms with Gasteiger partial charge in [0.1, 0.15) is 5.52 Å². The highest BCUT2D eigenvalue weighted by atomic mass is 16.3. The summed E-state index contributed by atoms with van der Waals surface area (Å²) in [7, 11) is 0. The van der Waals surface area contributed by atoms with Crippen molar-refractivity contribution >= 4 is 11.1 Å². The van der Waals surface area contributed by atoms with Gasteiger partial charge in [-0.1, -0.05) is 6.07 Å². The van der Waals surface area contributed by atoms with Crippen molar-refractivity contribution < 1.29 is 9.52 Å². The van der Waals surface area contributed by atoms with Crippen molar-refractivity contribution in [3.05, 3.63) is 29.7 Å². The Morgan fingerprint density at radius 1 is 1.47 bits per heavy atom. The first-order valence-electron chi connectivity index (χ1n) is 5.22. The third-order valence-electron chi connectivity index (χ3n) is 3.26. The molecule has 0 radical (unpaired) electrons. The number of hydrogen-bond acceptors (Lipinski definition) is 3. The first kappa shape index (κ1) is 8.92. The van der Waals surface area contributed by atoms with Gasteiger partial charge in [-0.25, -0.2) is 4.98 Å². The normalized spacial score (nSPS) is 18.3. The zero-order valence-electron chi connectivity index (χ0n) is 8.66. The van der Waals surface area contributed by atoms with Gasteiger partial charge in [0.05, 0.1) is 6.61 Å². The number of aliphatic hydroxyl groups is 1. The van der Waals surface area contributed by atoms with Crippen LogP contribution in [0.25, 0.3) is 11.1 Å². The maximum absolute atomic E-state index is 9.34. The molecule has 0 bridgehead atoms. The lowest BCUT2D eigenvalue weighted by Crippen LogP contribution is -2.11. The summed E-state index contributed by atoms with van der Waals surface area (Å²) in [6, 6.07) is 6.03. The highest BCUT2D eigenvalue weighted by Crippen LogP contribution is 2.48. The van der Waals surface area contributed by atoms with Crippen molar-refractivity contribution in [1.29, 1.82) is 0 Å². The van der Waals surface area contributed by atoms with Gasteiger partial charge in [0.25, 0.3) is 0 Å². The zero-order valence-corrected chi connectivity index (χ0v) is 8.66. The van der Waals surface area contributed by atoms with Gasteiger partial charge < -0.3 is 9.52 Å². The van der Waals surface area contributed by atoms with Crippen molar-refractivity contribution in [1.82, 2.24) is 4.98 Å². The van der Waals surface area contributed by atoms with E-state index in [2.05, 4.69) is 4.98 Å². The number of aliphatic hydroxyl groups excluding tert-OH is 1. The number of hydrogen-bond donors (Lipinski definition) is 1. The molecule has 2 aromatic rings. The lowest BCUT2D eigenvalue weighted by molar-refractivity contribution is 0.255. The van der Waals surface area contributed by atoms with Crippen molar-refractivity contribution in [2.24, 2.45) is 0 Å². The van der Waals surface area contributed by atoms with Crippen LogP contribution in [0.4, 0.5) is 0 Å². The Hall–Kier alpha value is -1.35. The number of oxazole rings is 1. The number of nitrogens with zero attached hydrogens (tertiary/aromatic N) is 1. The Morgan fingerprint density at radius 3 is 2.93 bits per heavy atom. The van der Waals surface area contributed by atoms with Gasteiger partial charge >= 0.3 is 0 Å². The summed E-state index contributed by atoms with van der Waals surface area (Å²) in [5.41, 5.74) is 2.90. The summed E-state index contributed by atoms with van der Waals surface area (Å²) < 4.78 is 5.48. The van der Waals surface area contributed by atoms with E-state index in [4.69, 9.17) is 4.42 Å². The SMILES string of the molecule is Cc1nc2ccc(C3(CO)CC3)cc2o1. The molecule has 3 rings (SSSR count). The fourth-order valence-corrected chi connectivity index (χ4v) is 2.06. The van der Waals surface area contributed by atoms with Crippen LogP contribution in [0.1, 0.15) is 24.3 Å². The fourth-order valence-electron chi connectivity index (χ4n) is 2.06. The van der Waals surface area contributed by atoms with Crippen LogP contribution >= 0.6 is 0 Å². The predicted molar refractivity (Wildman–Crippen MR) is 56.7 cm³/mol. The molecule has 1 aliphatic rings. The van der Waals surface area contributed by atoms with E-state index in [1.54, 1.807) is 0 Å². The zero-order chi connectivity index (χ0) is 10.5. The third-order valence-corrected chi connectivity index (χ3v) is 3.26. The minimum Gasteiger partial charge on any atom is -0.441 e. The van der Waals surface area contributed by atoms with E-state index >= 15 is 0 Å². The van der Waals surface area contributed by atoms with E-state index < -0.39 is 0 Å². The maximum atomic E-state index is 9.34.